The molecule has 2 aromatic heterocycles. The summed E-state index contributed by atoms with van der Waals surface area (Å²) in [5, 5.41) is 12.0. The number of rotatable bonds is 6. The molecule has 0 aliphatic heterocycles. The third kappa shape index (κ3) is 5.05. The number of pyridine rings is 2. The Balaban J connectivity index is 1.63. The summed E-state index contributed by atoms with van der Waals surface area (Å²) in [5.41, 5.74) is -0.0728. The number of nitrogens with zero attached hydrogens (tertiary/aromatic N) is 2. The molecule has 0 unspecified atom stereocenters. The minimum atomic E-state index is -4.84. The van der Waals surface area contributed by atoms with Crippen molar-refractivity contribution in [3.05, 3.63) is 72.1 Å². The molecule has 0 saturated heterocycles. The van der Waals surface area contributed by atoms with E-state index in [1.54, 1.807) is 0 Å². The predicted octanol–water partition coefficient (Wildman–Crippen LogP) is 4.57. The first-order valence-electron chi connectivity index (χ1n) is 9.43. The number of carbonyl (C=O) groups is 1. The van der Waals surface area contributed by atoms with Crippen LogP contribution in [0.25, 0.3) is 0 Å². The highest BCUT2D eigenvalue weighted by molar-refractivity contribution is 6.06. The van der Waals surface area contributed by atoms with Crippen molar-refractivity contribution in [1.29, 1.82) is 0 Å². The van der Waals surface area contributed by atoms with E-state index in [0.29, 0.717) is 0 Å². The van der Waals surface area contributed by atoms with Gasteiger partial charge in [-0.1, -0.05) is 0 Å². The Labute approximate surface area is 178 Å². The summed E-state index contributed by atoms with van der Waals surface area (Å²) in [6, 6.07) is 7.37. The third-order valence-electron chi connectivity index (χ3n) is 4.53. The minimum Gasteiger partial charge on any atom is -0.455 e. The van der Waals surface area contributed by atoms with Crippen LogP contribution in [0.1, 0.15) is 34.8 Å². The van der Waals surface area contributed by atoms with E-state index in [0.717, 1.165) is 29.7 Å². The maximum absolute atomic E-state index is 15.2. The van der Waals surface area contributed by atoms with Gasteiger partial charge in [0.25, 0.3) is 5.91 Å². The fourth-order valence-corrected chi connectivity index (χ4v) is 2.98. The quantitative estimate of drug-likeness (QED) is 0.327. The molecule has 0 atom stereocenters. The number of hydrogen-bond acceptors (Lipinski definition) is 5. The maximum Gasteiger partial charge on any atom is 0.573 e. The van der Waals surface area contributed by atoms with Crippen molar-refractivity contribution >= 4 is 11.6 Å². The van der Waals surface area contributed by atoms with E-state index in [2.05, 4.69) is 15.0 Å². The number of alkyl halides is 3. The average molecular weight is 450 g/mol. The standard InChI is InChI=1S/C21H15F4N3O4/c22-18-17(20(29)27-13-2-1-9-28(30)11-13)16(10-26-19(18)12-3-4-12)31-14-5-7-15(8-6-14)32-21(23,24)25/h1-2,5-12H,3-4H2,(H-,27,29,30)/p+1. The van der Waals surface area contributed by atoms with Crippen LogP contribution in [0.15, 0.2) is 55.0 Å². The van der Waals surface area contributed by atoms with Crippen LogP contribution in [0.2, 0.25) is 0 Å². The first kappa shape index (κ1) is 21.3. The zero-order valence-electron chi connectivity index (χ0n) is 16.3. The van der Waals surface area contributed by atoms with Crippen LogP contribution in [0.5, 0.6) is 17.2 Å². The van der Waals surface area contributed by atoms with Crippen molar-refractivity contribution in [1.82, 2.24) is 4.98 Å². The van der Waals surface area contributed by atoms with Gasteiger partial charge in [0.2, 0.25) is 12.4 Å². The lowest BCUT2D eigenvalue weighted by Crippen LogP contribution is -2.29. The summed E-state index contributed by atoms with van der Waals surface area (Å²) in [5.74, 6) is -2.41. The van der Waals surface area contributed by atoms with E-state index in [1.165, 1.54) is 42.9 Å². The van der Waals surface area contributed by atoms with Gasteiger partial charge in [0.1, 0.15) is 22.7 Å². The minimum absolute atomic E-state index is 0.0434. The Kier molecular flexibility index (Phi) is 5.56. The highest BCUT2D eigenvalue weighted by atomic mass is 19.4. The molecule has 1 aliphatic carbocycles. The number of ether oxygens (including phenoxy) is 2. The molecule has 166 valence electrons. The number of halogens is 4. The van der Waals surface area contributed by atoms with E-state index in [9.17, 15) is 23.2 Å². The van der Waals surface area contributed by atoms with Gasteiger partial charge in [-0.05, 0) is 43.2 Å². The highest BCUT2D eigenvalue weighted by Crippen LogP contribution is 2.42. The number of benzene rings is 1. The number of carbonyl (C=O) groups excluding carboxylic acids is 1. The fourth-order valence-electron chi connectivity index (χ4n) is 2.98. The van der Waals surface area contributed by atoms with E-state index < -0.39 is 29.4 Å². The summed E-state index contributed by atoms with van der Waals surface area (Å²) in [4.78, 5) is 16.9. The molecular weight excluding hydrogens is 434 g/mol. The molecule has 0 bridgehead atoms. The van der Waals surface area contributed by atoms with Crippen molar-refractivity contribution in [2.24, 2.45) is 0 Å². The van der Waals surface area contributed by atoms with Crippen LogP contribution in [-0.2, 0) is 0 Å². The van der Waals surface area contributed by atoms with Gasteiger partial charge in [0, 0.05) is 16.7 Å². The molecule has 1 aromatic carbocycles. The van der Waals surface area contributed by atoms with Crippen LogP contribution in [0.4, 0.5) is 23.2 Å². The Morgan fingerprint density at radius 3 is 2.47 bits per heavy atom. The maximum atomic E-state index is 15.2. The molecule has 11 heteroatoms. The number of aromatic nitrogens is 2. The molecule has 1 amide bonds. The lowest BCUT2D eigenvalue weighted by atomic mass is 10.1. The Hall–Kier alpha value is -3.89. The predicted molar refractivity (Wildman–Crippen MR) is 101 cm³/mol. The number of anilines is 1. The van der Waals surface area contributed by atoms with Gasteiger partial charge >= 0.3 is 6.36 Å². The second kappa shape index (κ2) is 8.33. The van der Waals surface area contributed by atoms with Crippen molar-refractivity contribution in [2.75, 3.05) is 5.32 Å². The molecule has 1 saturated carbocycles. The summed E-state index contributed by atoms with van der Waals surface area (Å²) in [6.45, 7) is 0. The first-order chi connectivity index (χ1) is 15.2. The fraction of sp³-hybridized carbons (Fsp3) is 0.190. The topological polar surface area (TPSA) is 84.6 Å². The molecular formula is C21H16F4N3O4+. The van der Waals surface area contributed by atoms with Gasteiger partial charge in [-0.15, -0.1) is 13.2 Å². The molecule has 2 N–H and O–H groups in total. The summed E-state index contributed by atoms with van der Waals surface area (Å²) < 4.78 is 62.2. The van der Waals surface area contributed by atoms with Crippen molar-refractivity contribution in [3.8, 4) is 17.2 Å². The lowest BCUT2D eigenvalue weighted by Gasteiger charge is -2.14. The van der Waals surface area contributed by atoms with Gasteiger partial charge in [0.05, 0.1) is 11.9 Å². The van der Waals surface area contributed by atoms with Crippen LogP contribution in [0.3, 0.4) is 0 Å². The zero-order valence-corrected chi connectivity index (χ0v) is 16.3. The number of nitrogens with one attached hydrogen (secondary N) is 1. The second-order valence-corrected chi connectivity index (χ2v) is 7.02. The molecule has 1 fully saturated rings. The SMILES string of the molecule is O=C(Nc1ccc[n+](O)c1)c1c(Oc2ccc(OC(F)(F)F)cc2)cnc(C2CC2)c1F. The molecule has 2 heterocycles. The summed E-state index contributed by atoms with van der Waals surface area (Å²) >= 11 is 0. The van der Waals surface area contributed by atoms with E-state index in [4.69, 9.17) is 4.74 Å². The molecule has 1 aliphatic rings. The molecule has 3 aromatic rings. The van der Waals surface area contributed by atoms with Crippen LogP contribution in [-0.4, -0.2) is 22.5 Å². The van der Waals surface area contributed by atoms with E-state index in [1.807, 2.05) is 0 Å². The molecule has 0 spiro atoms. The zero-order chi connectivity index (χ0) is 22.9. The highest BCUT2D eigenvalue weighted by Gasteiger charge is 2.33. The molecule has 0 radical (unpaired) electrons. The molecule has 32 heavy (non-hydrogen) atoms. The van der Waals surface area contributed by atoms with Crippen molar-refractivity contribution in [3.63, 3.8) is 0 Å². The Bertz CT molecular complexity index is 1150. The van der Waals surface area contributed by atoms with Gasteiger partial charge < -0.3 is 14.8 Å². The normalized spacial score (nSPS) is 13.5. The Morgan fingerprint density at radius 1 is 1.16 bits per heavy atom. The van der Waals surface area contributed by atoms with E-state index in [-0.39, 0.29) is 28.8 Å². The van der Waals surface area contributed by atoms with Crippen molar-refractivity contribution in [2.45, 2.75) is 25.1 Å². The largest absolute Gasteiger partial charge is 0.573 e. The first-order valence-corrected chi connectivity index (χ1v) is 9.43. The van der Waals surface area contributed by atoms with Crippen molar-refractivity contribution < 1.29 is 41.8 Å². The number of hydrogen-bond donors (Lipinski definition) is 2. The second-order valence-electron chi connectivity index (χ2n) is 7.02. The monoisotopic (exact) mass is 450 g/mol. The molecule has 4 rings (SSSR count). The van der Waals surface area contributed by atoms with E-state index >= 15 is 4.39 Å². The third-order valence-corrected chi connectivity index (χ3v) is 4.53. The van der Waals surface area contributed by atoms with Gasteiger partial charge in [0.15, 0.2) is 11.6 Å². The van der Waals surface area contributed by atoms with Gasteiger partial charge in [-0.2, -0.15) is 0 Å². The van der Waals surface area contributed by atoms with Gasteiger partial charge in [-0.3, -0.25) is 15.0 Å². The molecule has 7 nitrogen and oxygen atoms in total. The summed E-state index contributed by atoms with van der Waals surface area (Å²) in [7, 11) is 0. The van der Waals surface area contributed by atoms with Crippen LogP contribution < -0.4 is 19.5 Å². The summed E-state index contributed by atoms with van der Waals surface area (Å²) in [6.07, 6.45) is 0.379. The van der Waals surface area contributed by atoms with Crippen LogP contribution >= 0.6 is 0 Å². The average Bonchev–Trinajstić information content (AvgIpc) is 3.53. The van der Waals surface area contributed by atoms with Gasteiger partial charge in [-0.25, -0.2) is 4.39 Å². The lowest BCUT2D eigenvalue weighted by molar-refractivity contribution is -0.904. The number of amides is 1. The smallest absolute Gasteiger partial charge is 0.455 e. The van der Waals surface area contributed by atoms with Crippen LogP contribution in [0, 0.1) is 5.82 Å². The Morgan fingerprint density at radius 2 is 1.84 bits per heavy atom.